The third-order valence-corrected chi connectivity index (χ3v) is 5.61. The number of nitrogens with zero attached hydrogens (tertiary/aromatic N) is 3. The van der Waals surface area contributed by atoms with Crippen LogP contribution in [0.3, 0.4) is 0 Å². The average Bonchev–Trinajstić information content (AvgIpc) is 3.28. The van der Waals surface area contributed by atoms with E-state index in [-0.39, 0.29) is 41.1 Å². The lowest BCUT2D eigenvalue weighted by atomic mass is 9.84. The van der Waals surface area contributed by atoms with Crippen molar-refractivity contribution in [1.82, 2.24) is 20.5 Å². The molecule has 0 saturated heterocycles. The number of carbonyl (C=O) groups excluding carboxylic acids is 1. The van der Waals surface area contributed by atoms with Gasteiger partial charge in [-0.25, -0.2) is 14.4 Å². The van der Waals surface area contributed by atoms with E-state index < -0.39 is 0 Å². The minimum absolute atomic E-state index is 0. The molecule has 1 saturated carbocycles. The summed E-state index contributed by atoms with van der Waals surface area (Å²) < 4.78 is 18.6. The Balaban J connectivity index is 0.00000385. The van der Waals surface area contributed by atoms with Gasteiger partial charge >= 0.3 is 0 Å². The van der Waals surface area contributed by atoms with Crippen LogP contribution in [-0.2, 0) is 11.3 Å². The number of hydrogen-bond acceptors (Lipinski definition) is 4. The summed E-state index contributed by atoms with van der Waals surface area (Å²) in [6, 6.07) is 9.46. The molecule has 1 aromatic heterocycles. The van der Waals surface area contributed by atoms with E-state index in [0.29, 0.717) is 30.7 Å². The number of pyridine rings is 1. The SMILES string of the molecule is CCNC(=NCc1ccc(Oc2ccc(F)cc2)nc1)NCC1(C(=O)N(C)C)CCCC1.I. The van der Waals surface area contributed by atoms with E-state index in [0.717, 1.165) is 37.8 Å². The molecule has 0 radical (unpaired) electrons. The molecule has 2 N–H and O–H groups in total. The van der Waals surface area contributed by atoms with Crippen LogP contribution in [0.4, 0.5) is 4.39 Å². The number of amides is 1. The van der Waals surface area contributed by atoms with E-state index in [4.69, 9.17) is 4.74 Å². The van der Waals surface area contributed by atoms with Crippen molar-refractivity contribution in [1.29, 1.82) is 0 Å². The monoisotopic (exact) mass is 569 g/mol. The quantitative estimate of drug-likeness (QED) is 0.281. The summed E-state index contributed by atoms with van der Waals surface area (Å²) in [4.78, 5) is 23.4. The van der Waals surface area contributed by atoms with Gasteiger partial charge in [-0.2, -0.15) is 0 Å². The van der Waals surface area contributed by atoms with Gasteiger partial charge in [0.1, 0.15) is 11.6 Å². The second-order valence-electron chi connectivity index (χ2n) is 8.30. The first kappa shape index (κ1) is 26.8. The molecule has 1 aliphatic rings. The Hall–Kier alpha value is -2.43. The number of ether oxygens (including phenoxy) is 1. The van der Waals surface area contributed by atoms with Crippen LogP contribution in [0.5, 0.6) is 11.6 Å². The van der Waals surface area contributed by atoms with E-state index in [1.165, 1.54) is 12.1 Å². The van der Waals surface area contributed by atoms with E-state index in [2.05, 4.69) is 20.6 Å². The van der Waals surface area contributed by atoms with Crippen molar-refractivity contribution in [2.45, 2.75) is 39.2 Å². The fourth-order valence-electron chi connectivity index (χ4n) is 3.95. The molecule has 1 aromatic carbocycles. The molecule has 0 bridgehead atoms. The molecular weight excluding hydrogens is 536 g/mol. The largest absolute Gasteiger partial charge is 0.439 e. The van der Waals surface area contributed by atoms with Crippen molar-refractivity contribution < 1.29 is 13.9 Å². The Morgan fingerprint density at radius 2 is 1.85 bits per heavy atom. The van der Waals surface area contributed by atoms with E-state index in [1.807, 2.05) is 27.1 Å². The first-order valence-corrected chi connectivity index (χ1v) is 11.0. The van der Waals surface area contributed by atoms with Gasteiger partial charge in [-0.05, 0) is 49.6 Å². The van der Waals surface area contributed by atoms with Gasteiger partial charge < -0.3 is 20.3 Å². The number of aliphatic imine (C=N–C) groups is 1. The number of carbonyl (C=O) groups is 1. The zero-order valence-corrected chi connectivity index (χ0v) is 21.8. The summed E-state index contributed by atoms with van der Waals surface area (Å²) in [6.45, 7) is 3.74. The molecular formula is C24H33FIN5O2. The molecule has 1 amide bonds. The summed E-state index contributed by atoms with van der Waals surface area (Å²) in [6.07, 6.45) is 5.66. The molecule has 0 atom stereocenters. The van der Waals surface area contributed by atoms with Crippen LogP contribution < -0.4 is 15.4 Å². The molecule has 180 valence electrons. The summed E-state index contributed by atoms with van der Waals surface area (Å²) >= 11 is 0. The average molecular weight is 569 g/mol. The minimum atomic E-state index is -0.361. The Labute approximate surface area is 212 Å². The van der Waals surface area contributed by atoms with Crippen molar-refractivity contribution in [3.8, 4) is 11.6 Å². The van der Waals surface area contributed by atoms with Crippen LogP contribution in [0, 0.1) is 11.2 Å². The van der Waals surface area contributed by atoms with Crippen LogP contribution in [0.15, 0.2) is 47.6 Å². The second-order valence-corrected chi connectivity index (χ2v) is 8.30. The van der Waals surface area contributed by atoms with Gasteiger partial charge in [0.05, 0.1) is 12.0 Å². The highest BCUT2D eigenvalue weighted by Crippen LogP contribution is 2.38. The van der Waals surface area contributed by atoms with E-state index in [9.17, 15) is 9.18 Å². The molecule has 1 fully saturated rings. The van der Waals surface area contributed by atoms with Crippen molar-refractivity contribution in [3.05, 3.63) is 54.0 Å². The number of nitrogens with one attached hydrogen (secondary N) is 2. The molecule has 33 heavy (non-hydrogen) atoms. The van der Waals surface area contributed by atoms with Crippen LogP contribution in [-0.4, -0.2) is 48.9 Å². The van der Waals surface area contributed by atoms with Gasteiger partial charge in [0.25, 0.3) is 0 Å². The van der Waals surface area contributed by atoms with Crippen molar-refractivity contribution in [3.63, 3.8) is 0 Å². The molecule has 1 heterocycles. The van der Waals surface area contributed by atoms with E-state index >= 15 is 0 Å². The predicted octanol–water partition coefficient (Wildman–Crippen LogP) is 4.33. The number of hydrogen-bond donors (Lipinski definition) is 2. The summed E-state index contributed by atoms with van der Waals surface area (Å²) in [5.74, 6) is 1.50. The normalized spacial score (nSPS) is 14.8. The topological polar surface area (TPSA) is 78.9 Å². The van der Waals surface area contributed by atoms with Crippen molar-refractivity contribution in [2.24, 2.45) is 10.4 Å². The molecule has 0 aliphatic heterocycles. The minimum Gasteiger partial charge on any atom is -0.439 e. The van der Waals surface area contributed by atoms with Gasteiger partial charge in [0.2, 0.25) is 11.8 Å². The predicted molar refractivity (Wildman–Crippen MR) is 139 cm³/mol. The van der Waals surface area contributed by atoms with Crippen LogP contribution in [0.2, 0.25) is 0 Å². The van der Waals surface area contributed by atoms with Crippen LogP contribution >= 0.6 is 24.0 Å². The second kappa shape index (κ2) is 12.7. The lowest BCUT2D eigenvalue weighted by Gasteiger charge is -2.31. The molecule has 0 unspecified atom stereocenters. The maximum atomic E-state index is 13.0. The summed E-state index contributed by atoms with van der Waals surface area (Å²) in [7, 11) is 3.64. The third-order valence-electron chi connectivity index (χ3n) is 5.61. The maximum Gasteiger partial charge on any atom is 0.230 e. The molecule has 9 heteroatoms. The number of aromatic nitrogens is 1. The number of rotatable bonds is 8. The Bertz CT molecular complexity index is 913. The number of benzene rings is 1. The van der Waals surface area contributed by atoms with Gasteiger partial charge in [0.15, 0.2) is 5.96 Å². The standard InChI is InChI=1S/C24H32FN5O2.HI/c1-4-26-23(29-17-24(13-5-6-14-24)22(31)30(2)3)28-16-18-7-12-21(27-15-18)32-20-10-8-19(25)9-11-20;/h7-12,15H,4-6,13-14,16-17H2,1-3H3,(H2,26,28,29);1H. The number of guanidine groups is 1. The van der Waals surface area contributed by atoms with Gasteiger partial charge in [0, 0.05) is 39.4 Å². The lowest BCUT2D eigenvalue weighted by Crippen LogP contribution is -2.49. The Morgan fingerprint density at radius 1 is 1.15 bits per heavy atom. The fourth-order valence-corrected chi connectivity index (χ4v) is 3.95. The highest BCUT2D eigenvalue weighted by atomic mass is 127. The zero-order chi connectivity index (χ0) is 23.0. The molecule has 7 nitrogen and oxygen atoms in total. The maximum absolute atomic E-state index is 13.0. The highest BCUT2D eigenvalue weighted by molar-refractivity contribution is 14.0. The molecule has 3 rings (SSSR count). The van der Waals surface area contributed by atoms with Crippen LogP contribution in [0.25, 0.3) is 0 Å². The molecule has 2 aromatic rings. The van der Waals surface area contributed by atoms with Gasteiger partial charge in [-0.1, -0.05) is 18.9 Å². The lowest BCUT2D eigenvalue weighted by molar-refractivity contribution is -0.138. The fraction of sp³-hybridized carbons (Fsp3) is 0.458. The highest BCUT2D eigenvalue weighted by Gasteiger charge is 2.42. The first-order chi connectivity index (χ1) is 15.4. The zero-order valence-electron chi connectivity index (χ0n) is 19.4. The van der Waals surface area contributed by atoms with Crippen LogP contribution in [0.1, 0.15) is 38.2 Å². The molecule has 1 aliphatic carbocycles. The first-order valence-electron chi connectivity index (χ1n) is 11.0. The summed E-state index contributed by atoms with van der Waals surface area (Å²) in [5, 5.41) is 6.62. The van der Waals surface area contributed by atoms with Crippen molar-refractivity contribution in [2.75, 3.05) is 27.2 Å². The Kier molecular flexibility index (Phi) is 10.3. The molecule has 0 spiro atoms. The van der Waals surface area contributed by atoms with E-state index in [1.54, 1.807) is 29.3 Å². The number of halogens is 2. The summed E-state index contributed by atoms with van der Waals surface area (Å²) in [5.41, 5.74) is 0.564. The van der Waals surface area contributed by atoms with Gasteiger partial charge in [-0.3, -0.25) is 4.79 Å². The Morgan fingerprint density at radius 3 is 2.42 bits per heavy atom. The van der Waals surface area contributed by atoms with Gasteiger partial charge in [-0.15, -0.1) is 24.0 Å². The third kappa shape index (κ3) is 7.55. The van der Waals surface area contributed by atoms with Crippen molar-refractivity contribution >= 4 is 35.8 Å². The smallest absolute Gasteiger partial charge is 0.230 e.